The first kappa shape index (κ1) is 26.9. The van der Waals surface area contributed by atoms with Crippen molar-refractivity contribution in [2.45, 2.75) is 37.1 Å². The van der Waals surface area contributed by atoms with Crippen molar-refractivity contribution in [1.82, 2.24) is 24.2 Å². The van der Waals surface area contributed by atoms with Gasteiger partial charge in [0.25, 0.3) is 5.91 Å². The number of nitrogen functional groups attached to an aromatic ring is 1. The molecule has 0 unspecified atom stereocenters. The standard InChI is InChI=1S/C25H29N7O3S.ClH/c26-24-23(25(33)30-21-15-27-10-9-19(21)17-31-11-1-2-12-31)29-22(16-28-24)18-5-7-20(8-6-18)36(34,35)32-13-3-4-14-32;/h5-10,15-16H,1-4,11-14,17H2,(H2,26,28)(H,30,33);1H. The summed E-state index contributed by atoms with van der Waals surface area (Å²) in [7, 11) is -3.51. The van der Waals surface area contributed by atoms with Gasteiger partial charge < -0.3 is 11.1 Å². The molecule has 4 heterocycles. The summed E-state index contributed by atoms with van der Waals surface area (Å²) in [6.45, 7) is 3.89. The number of carbonyl (C=O) groups is 1. The van der Waals surface area contributed by atoms with Crippen molar-refractivity contribution in [1.29, 1.82) is 0 Å². The van der Waals surface area contributed by atoms with E-state index in [1.165, 1.54) is 23.3 Å². The van der Waals surface area contributed by atoms with Crippen LogP contribution in [0, 0.1) is 0 Å². The summed E-state index contributed by atoms with van der Waals surface area (Å²) < 4.78 is 27.1. The minimum atomic E-state index is -3.51. The zero-order chi connectivity index (χ0) is 25.1. The highest BCUT2D eigenvalue weighted by molar-refractivity contribution is 7.89. The Hall–Kier alpha value is -3.12. The van der Waals surface area contributed by atoms with Crippen LogP contribution in [0.2, 0.25) is 0 Å². The van der Waals surface area contributed by atoms with E-state index in [0.29, 0.717) is 30.0 Å². The number of sulfonamides is 1. The fraction of sp³-hybridized carbons (Fsp3) is 0.360. The predicted molar refractivity (Wildman–Crippen MR) is 144 cm³/mol. The van der Waals surface area contributed by atoms with Crippen molar-refractivity contribution in [2.75, 3.05) is 37.2 Å². The van der Waals surface area contributed by atoms with E-state index in [1.807, 2.05) is 6.07 Å². The molecule has 2 aliphatic rings. The molecule has 0 atom stereocenters. The minimum absolute atomic E-state index is 0. The Bertz CT molecular complexity index is 1360. The third-order valence-corrected chi connectivity index (χ3v) is 8.53. The van der Waals surface area contributed by atoms with Gasteiger partial charge in [-0.15, -0.1) is 12.4 Å². The van der Waals surface area contributed by atoms with Crippen molar-refractivity contribution in [3.8, 4) is 11.3 Å². The summed E-state index contributed by atoms with van der Waals surface area (Å²) in [5.74, 6) is -0.472. The highest BCUT2D eigenvalue weighted by atomic mass is 35.5. The lowest BCUT2D eigenvalue weighted by atomic mass is 10.1. The lowest BCUT2D eigenvalue weighted by molar-refractivity contribution is 0.102. The second-order valence-corrected chi connectivity index (χ2v) is 11.0. The normalized spacial score (nSPS) is 16.4. The maximum Gasteiger partial charge on any atom is 0.278 e. The van der Waals surface area contributed by atoms with Gasteiger partial charge in [0.2, 0.25) is 10.0 Å². The van der Waals surface area contributed by atoms with Crippen LogP contribution in [-0.4, -0.2) is 64.7 Å². The van der Waals surface area contributed by atoms with Gasteiger partial charge in [-0.3, -0.25) is 14.7 Å². The highest BCUT2D eigenvalue weighted by Gasteiger charge is 2.27. The van der Waals surface area contributed by atoms with Crippen molar-refractivity contribution in [2.24, 2.45) is 0 Å². The number of benzene rings is 1. The lowest BCUT2D eigenvalue weighted by Gasteiger charge is -2.17. The maximum atomic E-state index is 13.1. The smallest absolute Gasteiger partial charge is 0.278 e. The Morgan fingerprint density at radius 3 is 2.35 bits per heavy atom. The second kappa shape index (κ2) is 11.5. The molecular formula is C25H30ClN7O3S. The summed E-state index contributed by atoms with van der Waals surface area (Å²) in [5, 5.41) is 2.89. The fourth-order valence-corrected chi connectivity index (χ4v) is 6.13. The van der Waals surface area contributed by atoms with Crippen LogP contribution in [0.3, 0.4) is 0 Å². The van der Waals surface area contributed by atoms with Crippen LogP contribution in [0.4, 0.5) is 11.5 Å². The third-order valence-electron chi connectivity index (χ3n) is 6.62. The number of halogens is 1. The number of nitrogens with zero attached hydrogens (tertiary/aromatic N) is 5. The van der Waals surface area contributed by atoms with E-state index in [-0.39, 0.29) is 28.8 Å². The number of pyridine rings is 1. The molecule has 2 fully saturated rings. The number of amides is 1. The van der Waals surface area contributed by atoms with Gasteiger partial charge >= 0.3 is 0 Å². The molecule has 12 heteroatoms. The van der Waals surface area contributed by atoms with Crippen LogP contribution in [0.5, 0.6) is 0 Å². The van der Waals surface area contributed by atoms with Crippen molar-refractivity contribution in [3.05, 3.63) is 60.2 Å². The Morgan fingerprint density at radius 2 is 1.65 bits per heavy atom. The Balaban J connectivity index is 0.00000320. The predicted octanol–water partition coefficient (Wildman–Crippen LogP) is 3.18. The molecule has 10 nitrogen and oxygen atoms in total. The average Bonchev–Trinajstić information content (AvgIpc) is 3.61. The van der Waals surface area contributed by atoms with E-state index < -0.39 is 15.9 Å². The van der Waals surface area contributed by atoms with E-state index in [2.05, 4.69) is 25.2 Å². The van der Waals surface area contributed by atoms with Crippen molar-refractivity contribution in [3.63, 3.8) is 0 Å². The SMILES string of the molecule is Cl.Nc1ncc(-c2ccc(S(=O)(=O)N3CCCC3)cc2)nc1C(=O)Nc1cnccc1CN1CCCC1. The van der Waals surface area contributed by atoms with Crippen molar-refractivity contribution < 1.29 is 13.2 Å². The molecule has 0 bridgehead atoms. The molecule has 1 amide bonds. The number of likely N-dealkylation sites (tertiary alicyclic amines) is 1. The molecule has 0 spiro atoms. The van der Waals surface area contributed by atoms with Gasteiger partial charge in [0, 0.05) is 31.4 Å². The zero-order valence-corrected chi connectivity index (χ0v) is 22.0. The van der Waals surface area contributed by atoms with Gasteiger partial charge in [-0.05, 0) is 62.5 Å². The number of hydrogen-bond donors (Lipinski definition) is 2. The quantitative estimate of drug-likeness (QED) is 0.464. The molecule has 0 aliphatic carbocycles. The topological polar surface area (TPSA) is 134 Å². The number of carbonyl (C=O) groups excluding carboxylic acids is 1. The largest absolute Gasteiger partial charge is 0.382 e. The van der Waals surface area contributed by atoms with E-state index in [0.717, 1.165) is 38.0 Å². The third kappa shape index (κ3) is 5.90. The Kier molecular flexibility index (Phi) is 8.38. The molecule has 196 valence electrons. The van der Waals surface area contributed by atoms with Crippen LogP contribution in [0.15, 0.2) is 53.8 Å². The van der Waals surface area contributed by atoms with E-state index in [4.69, 9.17) is 5.73 Å². The molecular weight excluding hydrogens is 514 g/mol. The van der Waals surface area contributed by atoms with Crippen molar-refractivity contribution >= 4 is 39.8 Å². The monoisotopic (exact) mass is 543 g/mol. The number of nitrogens with two attached hydrogens (primary N) is 1. The first-order valence-corrected chi connectivity index (χ1v) is 13.6. The second-order valence-electron chi connectivity index (χ2n) is 9.09. The van der Waals surface area contributed by atoms with Crippen LogP contribution in [-0.2, 0) is 16.6 Å². The fourth-order valence-electron chi connectivity index (χ4n) is 4.62. The molecule has 0 saturated carbocycles. The van der Waals surface area contributed by atoms with E-state index in [1.54, 1.807) is 36.7 Å². The molecule has 0 radical (unpaired) electrons. The summed E-state index contributed by atoms with van der Waals surface area (Å²) in [4.78, 5) is 28.5. The molecule has 2 aliphatic heterocycles. The number of nitrogens with one attached hydrogen (secondary N) is 1. The van der Waals surface area contributed by atoms with Crippen LogP contribution >= 0.6 is 12.4 Å². The van der Waals surface area contributed by atoms with Gasteiger partial charge in [0.15, 0.2) is 11.5 Å². The van der Waals surface area contributed by atoms with E-state index in [9.17, 15) is 13.2 Å². The number of aromatic nitrogens is 3. The van der Waals surface area contributed by atoms with Crippen LogP contribution in [0.1, 0.15) is 41.7 Å². The van der Waals surface area contributed by atoms with Gasteiger partial charge in [-0.1, -0.05) is 12.1 Å². The summed E-state index contributed by atoms with van der Waals surface area (Å²) in [6.07, 6.45) is 8.91. The Morgan fingerprint density at radius 1 is 0.973 bits per heavy atom. The molecule has 3 N–H and O–H groups in total. The van der Waals surface area contributed by atoms with E-state index >= 15 is 0 Å². The van der Waals surface area contributed by atoms with Gasteiger partial charge in [0.05, 0.1) is 28.7 Å². The minimum Gasteiger partial charge on any atom is -0.382 e. The summed E-state index contributed by atoms with van der Waals surface area (Å²) in [6, 6.07) is 8.35. The summed E-state index contributed by atoms with van der Waals surface area (Å²) in [5.41, 5.74) is 8.63. The number of hydrogen-bond acceptors (Lipinski definition) is 8. The highest BCUT2D eigenvalue weighted by Crippen LogP contribution is 2.25. The molecule has 3 aromatic rings. The zero-order valence-electron chi connectivity index (χ0n) is 20.3. The molecule has 1 aromatic carbocycles. The first-order chi connectivity index (χ1) is 17.4. The van der Waals surface area contributed by atoms with Gasteiger partial charge in [0.1, 0.15) is 0 Å². The number of rotatable bonds is 7. The molecule has 2 aromatic heterocycles. The molecule has 5 rings (SSSR count). The van der Waals surface area contributed by atoms with Gasteiger partial charge in [-0.2, -0.15) is 4.31 Å². The average molecular weight is 544 g/mol. The van der Waals surface area contributed by atoms with Crippen LogP contribution < -0.4 is 11.1 Å². The maximum absolute atomic E-state index is 13.1. The van der Waals surface area contributed by atoms with Crippen LogP contribution in [0.25, 0.3) is 11.3 Å². The van der Waals surface area contributed by atoms with Gasteiger partial charge in [-0.25, -0.2) is 18.4 Å². The first-order valence-electron chi connectivity index (χ1n) is 12.1. The number of anilines is 2. The lowest BCUT2D eigenvalue weighted by Crippen LogP contribution is -2.27. The Labute approximate surface area is 222 Å². The summed E-state index contributed by atoms with van der Waals surface area (Å²) >= 11 is 0. The molecule has 37 heavy (non-hydrogen) atoms. The molecule has 2 saturated heterocycles.